The molecule has 2 rings (SSSR count). The topological polar surface area (TPSA) is 49.3 Å². The molecule has 0 radical (unpaired) electrons. The first-order valence-corrected chi connectivity index (χ1v) is 6.22. The van der Waals surface area contributed by atoms with Crippen molar-refractivity contribution in [2.45, 2.75) is 6.92 Å². The number of carbonyl (C=O) groups excluding carboxylic acids is 1. The van der Waals surface area contributed by atoms with E-state index in [1.165, 1.54) is 6.07 Å². The van der Waals surface area contributed by atoms with Crippen LogP contribution in [-0.2, 0) is 0 Å². The monoisotopic (exact) mass is 305 g/mol. The molecule has 0 aromatic heterocycles. The van der Waals surface area contributed by atoms with Crippen LogP contribution < -0.4 is 5.32 Å². The largest absolute Gasteiger partial charge is 0.508 e. The summed E-state index contributed by atoms with van der Waals surface area (Å²) in [5.74, 6) is -0.0640. The van der Waals surface area contributed by atoms with Gasteiger partial charge in [-0.1, -0.05) is 22.0 Å². The molecule has 0 bridgehead atoms. The van der Waals surface area contributed by atoms with Gasteiger partial charge in [0.2, 0.25) is 0 Å². The highest BCUT2D eigenvalue weighted by molar-refractivity contribution is 9.10. The Labute approximate surface area is 114 Å². The molecule has 0 saturated carbocycles. The van der Waals surface area contributed by atoms with Gasteiger partial charge in [-0.05, 0) is 42.8 Å². The molecule has 2 aromatic rings. The zero-order chi connectivity index (χ0) is 13.1. The van der Waals surface area contributed by atoms with Crippen molar-refractivity contribution in [2.75, 3.05) is 5.32 Å². The highest BCUT2D eigenvalue weighted by atomic mass is 79.9. The summed E-state index contributed by atoms with van der Waals surface area (Å²) >= 11 is 3.36. The molecule has 0 heterocycles. The first-order chi connectivity index (χ1) is 8.56. The smallest absolute Gasteiger partial charge is 0.255 e. The molecule has 0 aliphatic carbocycles. The highest BCUT2D eigenvalue weighted by Crippen LogP contribution is 2.19. The van der Waals surface area contributed by atoms with E-state index in [-0.39, 0.29) is 11.7 Å². The Balaban J connectivity index is 2.22. The van der Waals surface area contributed by atoms with Crippen molar-refractivity contribution < 1.29 is 9.90 Å². The van der Waals surface area contributed by atoms with Crippen molar-refractivity contribution in [3.05, 3.63) is 58.1 Å². The number of nitrogens with one attached hydrogen (secondary N) is 1. The van der Waals surface area contributed by atoms with Gasteiger partial charge in [0, 0.05) is 21.8 Å². The zero-order valence-electron chi connectivity index (χ0n) is 9.77. The highest BCUT2D eigenvalue weighted by Gasteiger charge is 2.09. The van der Waals surface area contributed by atoms with E-state index in [1.807, 2.05) is 19.1 Å². The average molecular weight is 306 g/mol. The lowest BCUT2D eigenvalue weighted by molar-refractivity contribution is 0.102. The standard InChI is InChI=1S/C14H12BrNO2/c1-9-7-10(15)5-6-13(9)14(18)16-11-3-2-4-12(17)8-11/h2-8,17H,1H3,(H,16,18). The lowest BCUT2D eigenvalue weighted by Crippen LogP contribution is -2.13. The molecule has 2 N–H and O–H groups in total. The number of phenols is 1. The summed E-state index contributed by atoms with van der Waals surface area (Å²) in [4.78, 5) is 12.0. The first kappa shape index (κ1) is 12.6. The molecule has 0 saturated heterocycles. The summed E-state index contributed by atoms with van der Waals surface area (Å²) in [6.45, 7) is 1.88. The molecule has 0 unspecified atom stereocenters. The molecule has 3 nitrogen and oxygen atoms in total. The van der Waals surface area contributed by atoms with Crippen LogP contribution in [0.5, 0.6) is 5.75 Å². The Morgan fingerprint density at radius 2 is 2.00 bits per heavy atom. The van der Waals surface area contributed by atoms with E-state index in [0.29, 0.717) is 11.3 Å². The summed E-state index contributed by atoms with van der Waals surface area (Å²) in [6.07, 6.45) is 0. The lowest BCUT2D eigenvalue weighted by atomic mass is 10.1. The summed E-state index contributed by atoms with van der Waals surface area (Å²) in [5.41, 5.74) is 2.07. The average Bonchev–Trinajstić information content (AvgIpc) is 2.28. The normalized spacial score (nSPS) is 10.1. The minimum absolute atomic E-state index is 0.125. The molecule has 0 aliphatic heterocycles. The van der Waals surface area contributed by atoms with E-state index >= 15 is 0 Å². The van der Waals surface area contributed by atoms with Gasteiger partial charge in [-0.25, -0.2) is 0 Å². The molecule has 92 valence electrons. The number of anilines is 1. The van der Waals surface area contributed by atoms with E-state index < -0.39 is 0 Å². The van der Waals surface area contributed by atoms with Crippen molar-refractivity contribution in [3.63, 3.8) is 0 Å². The first-order valence-electron chi connectivity index (χ1n) is 5.43. The predicted molar refractivity (Wildman–Crippen MR) is 74.9 cm³/mol. The van der Waals surface area contributed by atoms with E-state index in [4.69, 9.17) is 0 Å². The van der Waals surface area contributed by atoms with Gasteiger partial charge in [0.1, 0.15) is 5.75 Å². The van der Waals surface area contributed by atoms with Crippen LogP contribution in [0.3, 0.4) is 0 Å². The second-order valence-electron chi connectivity index (χ2n) is 3.96. The number of aromatic hydroxyl groups is 1. The number of halogens is 1. The molecule has 0 spiro atoms. The van der Waals surface area contributed by atoms with Crippen LogP contribution in [0, 0.1) is 6.92 Å². The van der Waals surface area contributed by atoms with Gasteiger partial charge in [0.15, 0.2) is 0 Å². The van der Waals surface area contributed by atoms with Gasteiger partial charge in [0.05, 0.1) is 0 Å². The summed E-state index contributed by atoms with van der Waals surface area (Å²) in [5, 5.41) is 12.1. The summed E-state index contributed by atoms with van der Waals surface area (Å²) in [6, 6.07) is 11.9. The Morgan fingerprint density at radius 3 is 2.67 bits per heavy atom. The van der Waals surface area contributed by atoms with Crippen molar-refractivity contribution in [2.24, 2.45) is 0 Å². The third-order valence-electron chi connectivity index (χ3n) is 2.54. The summed E-state index contributed by atoms with van der Waals surface area (Å²) in [7, 11) is 0. The molecule has 1 amide bonds. The number of aryl methyl sites for hydroxylation is 1. The van der Waals surface area contributed by atoms with Gasteiger partial charge in [0.25, 0.3) is 5.91 Å². The van der Waals surface area contributed by atoms with Crippen LogP contribution in [-0.4, -0.2) is 11.0 Å². The van der Waals surface area contributed by atoms with Gasteiger partial charge in [-0.15, -0.1) is 0 Å². The van der Waals surface area contributed by atoms with Crippen LogP contribution >= 0.6 is 15.9 Å². The number of carbonyl (C=O) groups is 1. The van der Waals surface area contributed by atoms with Crippen LogP contribution in [0.15, 0.2) is 46.9 Å². The third-order valence-corrected chi connectivity index (χ3v) is 3.03. The molecule has 2 aromatic carbocycles. The molecule has 0 atom stereocenters. The summed E-state index contributed by atoms with van der Waals surface area (Å²) < 4.78 is 0.939. The maximum atomic E-state index is 12.0. The molecule has 0 fully saturated rings. The number of hydrogen-bond donors (Lipinski definition) is 2. The van der Waals surface area contributed by atoms with E-state index in [2.05, 4.69) is 21.2 Å². The molecule has 0 aliphatic rings. The van der Waals surface area contributed by atoms with Gasteiger partial charge in [-0.3, -0.25) is 4.79 Å². The number of benzene rings is 2. The maximum Gasteiger partial charge on any atom is 0.255 e. The number of phenolic OH excluding ortho intramolecular Hbond substituents is 1. The fourth-order valence-corrected chi connectivity index (χ4v) is 2.14. The molecule has 4 heteroatoms. The van der Waals surface area contributed by atoms with Crippen LogP contribution in [0.1, 0.15) is 15.9 Å². The van der Waals surface area contributed by atoms with Gasteiger partial charge >= 0.3 is 0 Å². The Bertz CT molecular complexity index is 596. The fourth-order valence-electron chi connectivity index (χ4n) is 1.66. The van der Waals surface area contributed by atoms with Crippen molar-refractivity contribution in [1.29, 1.82) is 0 Å². The van der Waals surface area contributed by atoms with E-state index in [0.717, 1.165) is 10.0 Å². The molecule has 18 heavy (non-hydrogen) atoms. The van der Waals surface area contributed by atoms with Crippen LogP contribution in [0.2, 0.25) is 0 Å². The van der Waals surface area contributed by atoms with Crippen LogP contribution in [0.4, 0.5) is 5.69 Å². The lowest BCUT2D eigenvalue weighted by Gasteiger charge is -2.08. The predicted octanol–water partition coefficient (Wildman–Crippen LogP) is 3.72. The second kappa shape index (κ2) is 5.23. The van der Waals surface area contributed by atoms with Crippen molar-refractivity contribution in [1.82, 2.24) is 0 Å². The van der Waals surface area contributed by atoms with E-state index in [1.54, 1.807) is 24.3 Å². The zero-order valence-corrected chi connectivity index (χ0v) is 11.4. The minimum Gasteiger partial charge on any atom is -0.508 e. The quantitative estimate of drug-likeness (QED) is 0.888. The van der Waals surface area contributed by atoms with Gasteiger partial charge < -0.3 is 10.4 Å². The van der Waals surface area contributed by atoms with Crippen LogP contribution in [0.25, 0.3) is 0 Å². The van der Waals surface area contributed by atoms with Gasteiger partial charge in [-0.2, -0.15) is 0 Å². The third kappa shape index (κ3) is 2.90. The minimum atomic E-state index is -0.189. The maximum absolute atomic E-state index is 12.0. The number of rotatable bonds is 2. The SMILES string of the molecule is Cc1cc(Br)ccc1C(=O)Nc1cccc(O)c1. The fraction of sp³-hybridized carbons (Fsp3) is 0.0714. The number of hydrogen-bond acceptors (Lipinski definition) is 2. The Morgan fingerprint density at radius 1 is 1.22 bits per heavy atom. The molecular weight excluding hydrogens is 294 g/mol. The molecular formula is C14H12BrNO2. The van der Waals surface area contributed by atoms with Crippen molar-refractivity contribution >= 4 is 27.5 Å². The Kier molecular flexibility index (Phi) is 3.67. The van der Waals surface area contributed by atoms with Crippen molar-refractivity contribution in [3.8, 4) is 5.75 Å². The number of amides is 1. The Hall–Kier alpha value is -1.81. The van der Waals surface area contributed by atoms with E-state index in [9.17, 15) is 9.90 Å². The second-order valence-corrected chi connectivity index (χ2v) is 4.88.